The van der Waals surface area contributed by atoms with Crippen molar-refractivity contribution >= 4 is 0 Å². The maximum atomic E-state index is 5.83. The molecule has 0 spiro atoms. The molecular formula is C14H29N5. The number of hydrazine groups is 1. The van der Waals surface area contributed by atoms with Crippen LogP contribution in [0.4, 0.5) is 0 Å². The first-order valence-corrected chi connectivity index (χ1v) is 7.25. The van der Waals surface area contributed by atoms with E-state index in [1.165, 1.54) is 0 Å². The smallest absolute Gasteiger partial charge is 0.129 e. The average Bonchev–Trinajstić information content (AvgIpc) is 2.79. The molecule has 0 saturated carbocycles. The number of hydrogen-bond acceptors (Lipinski definition) is 4. The number of nitrogens with one attached hydrogen (secondary N) is 1. The van der Waals surface area contributed by atoms with E-state index in [4.69, 9.17) is 5.84 Å². The van der Waals surface area contributed by atoms with Crippen molar-refractivity contribution in [2.45, 2.75) is 59.2 Å². The van der Waals surface area contributed by atoms with Crippen molar-refractivity contribution in [3.05, 3.63) is 18.2 Å². The third kappa shape index (κ3) is 3.35. The normalized spacial score (nSPS) is 14.1. The Hall–Kier alpha value is -0.910. The van der Waals surface area contributed by atoms with E-state index in [-0.39, 0.29) is 11.6 Å². The Morgan fingerprint density at radius 1 is 1.37 bits per heavy atom. The Balaban J connectivity index is 3.07. The van der Waals surface area contributed by atoms with Gasteiger partial charge in [-0.05, 0) is 33.4 Å². The maximum absolute atomic E-state index is 5.83. The number of hydrogen-bond donors (Lipinski definition) is 2. The molecule has 0 radical (unpaired) electrons. The maximum Gasteiger partial charge on any atom is 0.129 e. The van der Waals surface area contributed by atoms with Gasteiger partial charge in [-0.15, -0.1) is 0 Å². The van der Waals surface area contributed by atoms with Crippen molar-refractivity contribution in [3.8, 4) is 0 Å². The van der Waals surface area contributed by atoms with Crippen molar-refractivity contribution in [1.82, 2.24) is 19.9 Å². The molecule has 5 heteroatoms. The molecule has 0 aromatic carbocycles. The van der Waals surface area contributed by atoms with E-state index in [1.54, 1.807) is 0 Å². The molecule has 0 fully saturated rings. The highest BCUT2D eigenvalue weighted by Crippen LogP contribution is 2.29. The fourth-order valence-corrected chi connectivity index (χ4v) is 2.83. The Morgan fingerprint density at radius 3 is 2.47 bits per heavy atom. The van der Waals surface area contributed by atoms with E-state index in [2.05, 4.69) is 54.5 Å². The summed E-state index contributed by atoms with van der Waals surface area (Å²) in [4.78, 5) is 6.92. The molecule has 1 atom stereocenters. The van der Waals surface area contributed by atoms with Crippen LogP contribution in [0.1, 0.15) is 52.9 Å². The number of nitrogens with two attached hydrogens (primary N) is 1. The second-order valence-electron chi connectivity index (χ2n) is 5.40. The quantitative estimate of drug-likeness (QED) is 0.558. The van der Waals surface area contributed by atoms with Crippen LogP contribution in [0, 0.1) is 0 Å². The number of aryl methyl sites for hydroxylation is 1. The molecule has 0 aliphatic heterocycles. The van der Waals surface area contributed by atoms with Gasteiger partial charge in [0.1, 0.15) is 5.82 Å². The van der Waals surface area contributed by atoms with Gasteiger partial charge in [-0.25, -0.2) is 10.4 Å². The molecule has 1 unspecified atom stereocenters. The van der Waals surface area contributed by atoms with Gasteiger partial charge in [0.05, 0.1) is 6.04 Å². The van der Waals surface area contributed by atoms with Gasteiger partial charge in [-0.3, -0.25) is 10.7 Å². The molecule has 0 aliphatic rings. The van der Waals surface area contributed by atoms with E-state index < -0.39 is 0 Å². The van der Waals surface area contributed by atoms with Crippen LogP contribution in [0.25, 0.3) is 0 Å². The van der Waals surface area contributed by atoms with Crippen molar-refractivity contribution in [1.29, 1.82) is 0 Å². The number of nitrogens with zero attached hydrogens (tertiary/aromatic N) is 3. The fraction of sp³-hybridized carbons (Fsp3) is 0.786. The molecule has 110 valence electrons. The van der Waals surface area contributed by atoms with Crippen molar-refractivity contribution < 1.29 is 0 Å². The highest BCUT2D eigenvalue weighted by molar-refractivity contribution is 5.08. The minimum atomic E-state index is -0.0882. The monoisotopic (exact) mass is 267 g/mol. The SMILES string of the molecule is CCCn1ccnc1C(NN)C(C)(C)N(CC)CC. The summed E-state index contributed by atoms with van der Waals surface area (Å²) in [5, 5.41) is 0. The summed E-state index contributed by atoms with van der Waals surface area (Å²) in [6, 6.07) is 0.00829. The zero-order valence-electron chi connectivity index (χ0n) is 13.0. The largest absolute Gasteiger partial charge is 0.334 e. The summed E-state index contributed by atoms with van der Waals surface area (Å²) in [5.41, 5.74) is 2.88. The van der Waals surface area contributed by atoms with Gasteiger partial charge in [0, 0.05) is 24.5 Å². The lowest BCUT2D eigenvalue weighted by Crippen LogP contribution is -2.54. The Morgan fingerprint density at radius 2 is 2.00 bits per heavy atom. The lowest BCUT2D eigenvalue weighted by molar-refractivity contribution is 0.0861. The van der Waals surface area contributed by atoms with Gasteiger partial charge in [0.2, 0.25) is 0 Å². The van der Waals surface area contributed by atoms with Crippen LogP contribution >= 0.6 is 0 Å². The third-order valence-corrected chi connectivity index (χ3v) is 3.92. The van der Waals surface area contributed by atoms with Crippen LogP contribution in [-0.4, -0.2) is 33.1 Å². The van der Waals surface area contributed by atoms with Crippen molar-refractivity contribution in [2.24, 2.45) is 5.84 Å². The average molecular weight is 267 g/mol. The van der Waals surface area contributed by atoms with Crippen LogP contribution in [0.2, 0.25) is 0 Å². The summed E-state index contributed by atoms with van der Waals surface area (Å²) in [6.45, 7) is 13.9. The second-order valence-corrected chi connectivity index (χ2v) is 5.40. The van der Waals surface area contributed by atoms with Crippen LogP contribution in [0.3, 0.4) is 0 Å². The van der Waals surface area contributed by atoms with Gasteiger partial charge in [0.25, 0.3) is 0 Å². The lowest BCUT2D eigenvalue weighted by Gasteiger charge is -2.42. The zero-order valence-corrected chi connectivity index (χ0v) is 13.0. The molecular weight excluding hydrogens is 238 g/mol. The van der Waals surface area contributed by atoms with Gasteiger partial charge in [-0.1, -0.05) is 20.8 Å². The minimum Gasteiger partial charge on any atom is -0.334 e. The first-order chi connectivity index (χ1) is 9.02. The van der Waals surface area contributed by atoms with E-state index in [0.717, 1.165) is 31.9 Å². The van der Waals surface area contributed by atoms with Gasteiger partial charge in [-0.2, -0.15) is 0 Å². The summed E-state index contributed by atoms with van der Waals surface area (Å²) < 4.78 is 2.19. The molecule has 3 N–H and O–H groups in total. The number of likely N-dealkylation sites (N-methyl/N-ethyl adjacent to an activating group) is 1. The van der Waals surface area contributed by atoms with Gasteiger partial charge >= 0.3 is 0 Å². The van der Waals surface area contributed by atoms with E-state index in [0.29, 0.717) is 0 Å². The van der Waals surface area contributed by atoms with E-state index >= 15 is 0 Å². The van der Waals surface area contributed by atoms with Crippen molar-refractivity contribution in [3.63, 3.8) is 0 Å². The number of rotatable bonds is 8. The molecule has 1 aromatic heterocycles. The summed E-state index contributed by atoms with van der Waals surface area (Å²) in [7, 11) is 0. The predicted molar refractivity (Wildman–Crippen MR) is 79.6 cm³/mol. The van der Waals surface area contributed by atoms with Gasteiger partial charge in [0.15, 0.2) is 0 Å². The Labute approximate surface area is 117 Å². The Kier molecular flexibility index (Phi) is 5.97. The highest BCUT2D eigenvalue weighted by Gasteiger charge is 2.36. The predicted octanol–water partition coefficient (Wildman–Crippen LogP) is 1.92. The van der Waals surface area contributed by atoms with E-state index in [9.17, 15) is 0 Å². The molecule has 0 amide bonds. The van der Waals surface area contributed by atoms with Gasteiger partial charge < -0.3 is 4.57 Å². The minimum absolute atomic E-state index is 0.00829. The molecule has 19 heavy (non-hydrogen) atoms. The third-order valence-electron chi connectivity index (χ3n) is 3.92. The van der Waals surface area contributed by atoms with Crippen LogP contribution in [-0.2, 0) is 6.54 Å². The first kappa shape index (κ1) is 16.1. The first-order valence-electron chi connectivity index (χ1n) is 7.25. The van der Waals surface area contributed by atoms with Crippen LogP contribution < -0.4 is 11.3 Å². The molecule has 5 nitrogen and oxygen atoms in total. The molecule has 0 aliphatic carbocycles. The fourth-order valence-electron chi connectivity index (χ4n) is 2.83. The summed E-state index contributed by atoms with van der Waals surface area (Å²) in [5.74, 6) is 6.85. The lowest BCUT2D eigenvalue weighted by atomic mass is 9.91. The standard InChI is InChI=1S/C14H29N5/c1-6-10-18-11-9-16-13(18)12(17-15)14(4,5)19(7-2)8-3/h9,11-12,17H,6-8,10,15H2,1-5H3. The van der Waals surface area contributed by atoms with Crippen molar-refractivity contribution in [2.75, 3.05) is 13.1 Å². The topological polar surface area (TPSA) is 59.1 Å². The van der Waals surface area contributed by atoms with E-state index in [1.807, 2.05) is 12.4 Å². The summed E-state index contributed by atoms with van der Waals surface area (Å²) in [6.07, 6.45) is 4.97. The molecule has 1 aromatic rings. The number of aromatic nitrogens is 2. The Bertz CT molecular complexity index is 368. The van der Waals surface area contributed by atoms with Crippen LogP contribution in [0.15, 0.2) is 12.4 Å². The zero-order chi connectivity index (χ0) is 14.5. The highest BCUT2D eigenvalue weighted by atomic mass is 15.3. The van der Waals surface area contributed by atoms with Crippen LogP contribution in [0.5, 0.6) is 0 Å². The molecule has 0 bridgehead atoms. The summed E-state index contributed by atoms with van der Waals surface area (Å²) >= 11 is 0. The molecule has 0 saturated heterocycles. The second kappa shape index (κ2) is 7.03. The molecule has 1 rings (SSSR count). The number of imidazole rings is 1. The molecule has 1 heterocycles.